The fourth-order valence-corrected chi connectivity index (χ4v) is 3.37. The standard InChI is InChI=1S/C19H20O4/c1-22-14-5-3-12(4-6-14)9-17-16-8-7-15(23-2)10-13(16)11-18(17)19(20)21/h3-8,10,17-18H,9,11H2,1-2H3,(H,20,21)/t17-,18+/m1/s1. The molecule has 0 spiro atoms. The molecule has 0 aromatic heterocycles. The summed E-state index contributed by atoms with van der Waals surface area (Å²) in [5.74, 6) is 0.442. The monoisotopic (exact) mass is 312 g/mol. The molecule has 2 aromatic carbocycles. The molecular formula is C19H20O4. The van der Waals surface area contributed by atoms with Crippen LogP contribution >= 0.6 is 0 Å². The second kappa shape index (κ2) is 6.32. The number of fused-ring (bicyclic) bond motifs is 1. The van der Waals surface area contributed by atoms with Gasteiger partial charge in [-0.1, -0.05) is 18.2 Å². The number of carboxylic acids is 1. The van der Waals surface area contributed by atoms with Crippen LogP contribution in [0.15, 0.2) is 42.5 Å². The van der Waals surface area contributed by atoms with E-state index in [9.17, 15) is 9.90 Å². The van der Waals surface area contributed by atoms with Crippen LogP contribution in [0.3, 0.4) is 0 Å². The van der Waals surface area contributed by atoms with Gasteiger partial charge in [0.25, 0.3) is 0 Å². The molecule has 4 heteroatoms. The molecule has 0 aliphatic heterocycles. The van der Waals surface area contributed by atoms with Crippen LogP contribution in [0.5, 0.6) is 11.5 Å². The number of aliphatic carboxylic acids is 1. The number of hydrogen-bond donors (Lipinski definition) is 1. The molecule has 120 valence electrons. The molecule has 1 aliphatic carbocycles. The first-order valence-corrected chi connectivity index (χ1v) is 7.65. The Morgan fingerprint density at radius 3 is 2.35 bits per heavy atom. The van der Waals surface area contributed by atoms with Crippen LogP contribution in [0.2, 0.25) is 0 Å². The first kappa shape index (κ1) is 15.4. The number of carboxylic acid groups (broad SMARTS) is 1. The largest absolute Gasteiger partial charge is 0.497 e. The highest BCUT2D eigenvalue weighted by atomic mass is 16.5. The first-order valence-electron chi connectivity index (χ1n) is 7.65. The summed E-state index contributed by atoms with van der Waals surface area (Å²) in [6.07, 6.45) is 1.27. The van der Waals surface area contributed by atoms with Gasteiger partial charge < -0.3 is 14.6 Å². The molecule has 23 heavy (non-hydrogen) atoms. The number of benzene rings is 2. The molecule has 2 aromatic rings. The van der Waals surface area contributed by atoms with E-state index in [4.69, 9.17) is 9.47 Å². The van der Waals surface area contributed by atoms with E-state index in [1.54, 1.807) is 14.2 Å². The van der Waals surface area contributed by atoms with E-state index >= 15 is 0 Å². The van der Waals surface area contributed by atoms with Gasteiger partial charge in [-0.2, -0.15) is 0 Å². The van der Waals surface area contributed by atoms with Crippen LogP contribution in [-0.2, 0) is 17.6 Å². The van der Waals surface area contributed by atoms with Crippen molar-refractivity contribution in [2.45, 2.75) is 18.8 Å². The molecular weight excluding hydrogens is 292 g/mol. The van der Waals surface area contributed by atoms with E-state index in [0.717, 1.165) is 28.2 Å². The summed E-state index contributed by atoms with van der Waals surface area (Å²) < 4.78 is 10.4. The van der Waals surface area contributed by atoms with Crippen LogP contribution in [0.25, 0.3) is 0 Å². The van der Waals surface area contributed by atoms with Crippen LogP contribution < -0.4 is 9.47 Å². The van der Waals surface area contributed by atoms with Crippen LogP contribution in [-0.4, -0.2) is 25.3 Å². The highest BCUT2D eigenvalue weighted by Gasteiger charge is 2.37. The van der Waals surface area contributed by atoms with Crippen molar-refractivity contribution in [2.24, 2.45) is 5.92 Å². The number of methoxy groups -OCH3 is 2. The first-order chi connectivity index (χ1) is 11.1. The van der Waals surface area contributed by atoms with Gasteiger partial charge in [0.1, 0.15) is 11.5 Å². The van der Waals surface area contributed by atoms with Crippen LogP contribution in [0.4, 0.5) is 0 Å². The van der Waals surface area contributed by atoms with E-state index in [0.29, 0.717) is 12.8 Å². The Balaban J connectivity index is 1.90. The molecule has 0 radical (unpaired) electrons. The van der Waals surface area contributed by atoms with Crippen molar-refractivity contribution in [3.63, 3.8) is 0 Å². The molecule has 0 heterocycles. The molecule has 4 nitrogen and oxygen atoms in total. The molecule has 0 saturated heterocycles. The highest BCUT2D eigenvalue weighted by Crippen LogP contribution is 2.41. The fraction of sp³-hybridized carbons (Fsp3) is 0.316. The summed E-state index contributed by atoms with van der Waals surface area (Å²) in [5, 5.41) is 9.59. The highest BCUT2D eigenvalue weighted by molar-refractivity contribution is 5.74. The van der Waals surface area contributed by atoms with Crippen molar-refractivity contribution in [1.29, 1.82) is 0 Å². The maximum atomic E-state index is 11.7. The molecule has 0 fully saturated rings. The minimum atomic E-state index is -0.737. The lowest BCUT2D eigenvalue weighted by Gasteiger charge is -2.17. The van der Waals surface area contributed by atoms with E-state index in [-0.39, 0.29) is 11.8 Å². The van der Waals surface area contributed by atoms with Crippen molar-refractivity contribution < 1.29 is 19.4 Å². The van der Waals surface area contributed by atoms with Gasteiger partial charge >= 0.3 is 5.97 Å². The third kappa shape index (κ3) is 3.02. The Bertz CT molecular complexity index is 706. The molecule has 0 amide bonds. The number of hydrogen-bond acceptors (Lipinski definition) is 3. The number of carbonyl (C=O) groups is 1. The van der Waals surface area contributed by atoms with Crippen LogP contribution in [0, 0.1) is 5.92 Å². The summed E-state index contributed by atoms with van der Waals surface area (Å²) in [5.41, 5.74) is 3.31. The normalized spacial score (nSPS) is 19.2. The Labute approximate surface area is 135 Å². The second-order valence-electron chi connectivity index (χ2n) is 5.87. The molecule has 3 rings (SSSR count). The SMILES string of the molecule is COc1ccc(C[C@@H]2c3ccc(OC)cc3C[C@@H]2C(=O)O)cc1. The zero-order valence-corrected chi connectivity index (χ0v) is 13.3. The van der Waals surface area contributed by atoms with Gasteiger partial charge in [0.15, 0.2) is 0 Å². The maximum absolute atomic E-state index is 11.7. The average molecular weight is 312 g/mol. The van der Waals surface area contributed by atoms with Crippen molar-refractivity contribution in [3.8, 4) is 11.5 Å². The van der Waals surface area contributed by atoms with Gasteiger partial charge in [-0.3, -0.25) is 4.79 Å². The van der Waals surface area contributed by atoms with Crippen LogP contribution in [0.1, 0.15) is 22.6 Å². The fourth-order valence-electron chi connectivity index (χ4n) is 3.37. The summed E-state index contributed by atoms with van der Waals surface area (Å²) in [6, 6.07) is 13.7. The van der Waals surface area contributed by atoms with Gasteiger partial charge in [-0.15, -0.1) is 0 Å². The number of ether oxygens (including phenoxy) is 2. The minimum Gasteiger partial charge on any atom is -0.497 e. The summed E-state index contributed by atoms with van der Waals surface area (Å²) >= 11 is 0. The minimum absolute atomic E-state index is 0.0122. The maximum Gasteiger partial charge on any atom is 0.307 e. The average Bonchev–Trinajstić information content (AvgIpc) is 2.93. The predicted molar refractivity (Wildman–Crippen MR) is 87.3 cm³/mol. The Morgan fingerprint density at radius 1 is 1.09 bits per heavy atom. The summed E-state index contributed by atoms with van der Waals surface area (Å²) in [7, 11) is 3.26. The molecule has 0 unspecified atom stereocenters. The van der Waals surface area contributed by atoms with E-state index in [1.165, 1.54) is 0 Å². The summed E-state index contributed by atoms with van der Waals surface area (Å²) in [4.78, 5) is 11.7. The molecule has 1 N–H and O–H groups in total. The second-order valence-corrected chi connectivity index (χ2v) is 5.87. The van der Waals surface area contributed by atoms with Crippen molar-refractivity contribution in [1.82, 2.24) is 0 Å². The van der Waals surface area contributed by atoms with Gasteiger partial charge in [-0.05, 0) is 53.8 Å². The Morgan fingerprint density at radius 2 is 1.74 bits per heavy atom. The Hall–Kier alpha value is -2.49. The zero-order valence-electron chi connectivity index (χ0n) is 13.3. The number of rotatable bonds is 5. The smallest absolute Gasteiger partial charge is 0.307 e. The third-order valence-electron chi connectivity index (χ3n) is 4.61. The molecule has 2 atom stereocenters. The quantitative estimate of drug-likeness (QED) is 0.920. The summed E-state index contributed by atoms with van der Waals surface area (Å²) in [6.45, 7) is 0. The lowest BCUT2D eigenvalue weighted by atomic mass is 9.87. The van der Waals surface area contributed by atoms with Gasteiger partial charge in [-0.25, -0.2) is 0 Å². The van der Waals surface area contributed by atoms with Crippen molar-refractivity contribution in [3.05, 3.63) is 59.2 Å². The Kier molecular flexibility index (Phi) is 4.24. The molecule has 1 aliphatic rings. The van der Waals surface area contributed by atoms with Gasteiger partial charge in [0.2, 0.25) is 0 Å². The zero-order chi connectivity index (χ0) is 16.4. The third-order valence-corrected chi connectivity index (χ3v) is 4.61. The van der Waals surface area contributed by atoms with E-state index in [1.807, 2.05) is 42.5 Å². The van der Waals surface area contributed by atoms with Gasteiger partial charge in [0, 0.05) is 5.92 Å². The predicted octanol–water partition coefficient (Wildman–Crippen LogP) is 3.29. The lowest BCUT2D eigenvalue weighted by molar-refractivity contribution is -0.142. The molecule has 0 bridgehead atoms. The molecule has 0 saturated carbocycles. The lowest BCUT2D eigenvalue weighted by Crippen LogP contribution is -2.20. The van der Waals surface area contributed by atoms with Crippen molar-refractivity contribution in [2.75, 3.05) is 14.2 Å². The topological polar surface area (TPSA) is 55.8 Å². The van der Waals surface area contributed by atoms with E-state index in [2.05, 4.69) is 0 Å². The van der Waals surface area contributed by atoms with Gasteiger partial charge in [0.05, 0.1) is 20.1 Å². The van der Waals surface area contributed by atoms with Crippen molar-refractivity contribution >= 4 is 5.97 Å². The van der Waals surface area contributed by atoms with E-state index < -0.39 is 5.97 Å².